The van der Waals surface area contributed by atoms with Gasteiger partial charge < -0.3 is 14.5 Å². The molecular formula is C25H36N2O4. The number of hydrogen-bond donors (Lipinski definition) is 0. The summed E-state index contributed by atoms with van der Waals surface area (Å²) in [7, 11) is 0. The van der Waals surface area contributed by atoms with Gasteiger partial charge in [-0.15, -0.1) is 0 Å². The average molecular weight is 429 g/mol. The molecule has 2 atom stereocenters. The van der Waals surface area contributed by atoms with Crippen molar-refractivity contribution in [2.75, 3.05) is 19.7 Å². The minimum atomic E-state index is -0.442. The van der Waals surface area contributed by atoms with Gasteiger partial charge in [-0.1, -0.05) is 50.8 Å². The van der Waals surface area contributed by atoms with Crippen LogP contribution in [0.3, 0.4) is 0 Å². The molecule has 6 heteroatoms. The summed E-state index contributed by atoms with van der Waals surface area (Å²) in [5.74, 6) is 0.606. The normalized spacial score (nSPS) is 20.8. The lowest BCUT2D eigenvalue weighted by Crippen LogP contribution is -2.51. The van der Waals surface area contributed by atoms with E-state index in [4.69, 9.17) is 4.74 Å². The number of para-hydroxylation sites is 1. The molecule has 0 aromatic heterocycles. The molecule has 0 spiro atoms. The molecule has 31 heavy (non-hydrogen) atoms. The van der Waals surface area contributed by atoms with Crippen molar-refractivity contribution in [1.82, 2.24) is 9.80 Å². The van der Waals surface area contributed by atoms with Gasteiger partial charge in [0, 0.05) is 19.5 Å². The van der Waals surface area contributed by atoms with Crippen LogP contribution in [0.2, 0.25) is 0 Å². The van der Waals surface area contributed by atoms with E-state index < -0.39 is 12.1 Å². The van der Waals surface area contributed by atoms with Crippen LogP contribution in [0.5, 0.6) is 5.75 Å². The van der Waals surface area contributed by atoms with Crippen molar-refractivity contribution in [3.05, 3.63) is 30.3 Å². The maximum atomic E-state index is 13.3. The molecule has 0 bridgehead atoms. The summed E-state index contributed by atoms with van der Waals surface area (Å²) < 4.78 is 5.61. The molecule has 2 aliphatic heterocycles. The Balaban J connectivity index is 1.53. The Morgan fingerprint density at radius 2 is 1.58 bits per heavy atom. The Kier molecular flexibility index (Phi) is 8.92. The van der Waals surface area contributed by atoms with Crippen molar-refractivity contribution in [2.45, 2.75) is 83.2 Å². The molecule has 1 aromatic rings. The standard InChI is InChI=1S/C25H36N2O4/c1-2-3-4-5-9-16-24(29)26-17-11-15-22(26)25(30)27-18-10-14-21(27)23(28)19-31-20-12-7-6-8-13-20/h6-8,12-13,21-22H,2-5,9-11,14-19H2,1H3/t21-,22+/m0/s1. The van der Waals surface area contributed by atoms with E-state index in [0.29, 0.717) is 38.1 Å². The van der Waals surface area contributed by atoms with E-state index in [2.05, 4.69) is 6.92 Å². The number of amides is 2. The minimum absolute atomic E-state index is 0.0382. The van der Waals surface area contributed by atoms with Gasteiger partial charge in [0.1, 0.15) is 18.4 Å². The quantitative estimate of drug-likeness (QED) is 0.500. The first-order valence-corrected chi connectivity index (χ1v) is 11.9. The highest BCUT2D eigenvalue weighted by molar-refractivity contribution is 5.94. The van der Waals surface area contributed by atoms with Gasteiger partial charge in [0.05, 0.1) is 6.04 Å². The second kappa shape index (κ2) is 11.9. The van der Waals surface area contributed by atoms with Crippen LogP contribution < -0.4 is 4.74 Å². The van der Waals surface area contributed by atoms with Crippen molar-refractivity contribution in [2.24, 2.45) is 0 Å². The predicted octanol–water partition coefficient (Wildman–Crippen LogP) is 3.98. The van der Waals surface area contributed by atoms with Crippen molar-refractivity contribution in [1.29, 1.82) is 0 Å². The fourth-order valence-electron chi connectivity index (χ4n) is 4.67. The van der Waals surface area contributed by atoms with Crippen molar-refractivity contribution in [3.63, 3.8) is 0 Å². The van der Waals surface area contributed by atoms with Crippen LogP contribution in [0.25, 0.3) is 0 Å². The third kappa shape index (κ3) is 6.31. The largest absolute Gasteiger partial charge is 0.486 e. The van der Waals surface area contributed by atoms with Gasteiger partial charge in [-0.3, -0.25) is 14.4 Å². The number of carbonyl (C=O) groups is 3. The lowest BCUT2D eigenvalue weighted by molar-refractivity contribution is -0.146. The Labute approximate surface area is 185 Å². The van der Waals surface area contributed by atoms with E-state index in [0.717, 1.165) is 32.1 Å². The zero-order valence-electron chi connectivity index (χ0n) is 18.8. The van der Waals surface area contributed by atoms with Gasteiger partial charge in [0.25, 0.3) is 0 Å². The monoisotopic (exact) mass is 428 g/mol. The number of likely N-dealkylation sites (tertiary alicyclic amines) is 2. The number of ketones is 1. The number of Topliss-reactive ketones (excluding diaryl/α,β-unsaturated/α-hetero) is 1. The molecule has 2 saturated heterocycles. The number of ether oxygens (including phenoxy) is 1. The summed E-state index contributed by atoms with van der Waals surface area (Å²) in [6.07, 6.45) is 9.04. The van der Waals surface area contributed by atoms with Crippen molar-refractivity contribution in [3.8, 4) is 5.75 Å². The third-order valence-corrected chi connectivity index (χ3v) is 6.38. The van der Waals surface area contributed by atoms with Gasteiger partial charge in [0.15, 0.2) is 5.78 Å². The number of hydrogen-bond acceptors (Lipinski definition) is 4. The Morgan fingerprint density at radius 1 is 0.903 bits per heavy atom. The summed E-state index contributed by atoms with van der Waals surface area (Å²) >= 11 is 0. The Morgan fingerprint density at radius 3 is 2.32 bits per heavy atom. The summed E-state index contributed by atoms with van der Waals surface area (Å²) in [6, 6.07) is 8.40. The molecule has 6 nitrogen and oxygen atoms in total. The zero-order chi connectivity index (χ0) is 22.1. The minimum Gasteiger partial charge on any atom is -0.486 e. The Bertz CT molecular complexity index is 736. The maximum absolute atomic E-state index is 13.3. The van der Waals surface area contributed by atoms with Gasteiger partial charge in [-0.05, 0) is 44.2 Å². The van der Waals surface area contributed by atoms with E-state index in [1.807, 2.05) is 30.3 Å². The molecule has 0 aliphatic carbocycles. The van der Waals surface area contributed by atoms with Crippen LogP contribution in [0.15, 0.2) is 30.3 Å². The fraction of sp³-hybridized carbons (Fsp3) is 0.640. The summed E-state index contributed by atoms with van der Waals surface area (Å²) in [5.41, 5.74) is 0. The van der Waals surface area contributed by atoms with Crippen LogP contribution in [-0.2, 0) is 14.4 Å². The van der Waals surface area contributed by atoms with Crippen LogP contribution in [0.1, 0.15) is 71.1 Å². The van der Waals surface area contributed by atoms with Crippen LogP contribution in [0.4, 0.5) is 0 Å². The number of unbranched alkanes of at least 4 members (excludes halogenated alkanes) is 4. The molecule has 0 radical (unpaired) electrons. The first kappa shape index (κ1) is 23.3. The van der Waals surface area contributed by atoms with Gasteiger partial charge in [0.2, 0.25) is 11.8 Å². The topological polar surface area (TPSA) is 66.9 Å². The molecule has 0 saturated carbocycles. The van der Waals surface area contributed by atoms with Crippen molar-refractivity contribution >= 4 is 17.6 Å². The van der Waals surface area contributed by atoms with Crippen molar-refractivity contribution < 1.29 is 19.1 Å². The molecule has 170 valence electrons. The molecule has 2 aliphatic rings. The average Bonchev–Trinajstić information content (AvgIpc) is 3.47. The summed E-state index contributed by atoms with van der Waals surface area (Å²) in [6.45, 7) is 3.36. The molecule has 2 amide bonds. The smallest absolute Gasteiger partial charge is 0.245 e. The lowest BCUT2D eigenvalue weighted by Gasteiger charge is -2.31. The Hall–Kier alpha value is -2.37. The molecule has 1 aromatic carbocycles. The highest BCUT2D eigenvalue weighted by atomic mass is 16.5. The fourth-order valence-corrected chi connectivity index (χ4v) is 4.67. The molecular weight excluding hydrogens is 392 g/mol. The second-order valence-corrected chi connectivity index (χ2v) is 8.67. The van der Waals surface area contributed by atoms with Gasteiger partial charge in [-0.2, -0.15) is 0 Å². The lowest BCUT2D eigenvalue weighted by atomic mass is 10.1. The van der Waals surface area contributed by atoms with E-state index in [9.17, 15) is 14.4 Å². The second-order valence-electron chi connectivity index (χ2n) is 8.67. The highest BCUT2D eigenvalue weighted by Crippen LogP contribution is 2.26. The first-order valence-electron chi connectivity index (χ1n) is 11.9. The van der Waals surface area contributed by atoms with Crippen LogP contribution in [0, 0.1) is 0 Å². The number of nitrogens with zero attached hydrogens (tertiary/aromatic N) is 2. The SMILES string of the molecule is CCCCCCCC(=O)N1CCC[C@@H]1C(=O)N1CCC[C@H]1C(=O)COc1ccccc1. The maximum Gasteiger partial charge on any atom is 0.245 e. The molecule has 0 unspecified atom stereocenters. The highest BCUT2D eigenvalue weighted by Gasteiger charge is 2.41. The zero-order valence-corrected chi connectivity index (χ0v) is 18.8. The summed E-state index contributed by atoms with van der Waals surface area (Å²) in [4.78, 5) is 42.3. The third-order valence-electron chi connectivity index (χ3n) is 6.38. The van der Waals surface area contributed by atoms with Crippen LogP contribution in [-0.4, -0.2) is 59.2 Å². The molecule has 0 N–H and O–H groups in total. The van der Waals surface area contributed by atoms with E-state index in [1.54, 1.807) is 9.80 Å². The van der Waals surface area contributed by atoms with E-state index in [1.165, 1.54) is 12.8 Å². The molecule has 2 heterocycles. The number of benzene rings is 1. The first-order chi connectivity index (χ1) is 15.1. The van der Waals surface area contributed by atoms with E-state index >= 15 is 0 Å². The van der Waals surface area contributed by atoms with Gasteiger partial charge >= 0.3 is 0 Å². The molecule has 2 fully saturated rings. The number of carbonyl (C=O) groups excluding carboxylic acids is 3. The van der Waals surface area contributed by atoms with E-state index in [-0.39, 0.29) is 24.2 Å². The summed E-state index contributed by atoms with van der Waals surface area (Å²) in [5, 5.41) is 0. The predicted molar refractivity (Wildman–Crippen MR) is 120 cm³/mol. The molecule has 3 rings (SSSR count). The van der Waals surface area contributed by atoms with Gasteiger partial charge in [-0.25, -0.2) is 0 Å². The van der Waals surface area contributed by atoms with Crippen LogP contribution >= 0.6 is 0 Å². The number of rotatable bonds is 11.